The van der Waals surface area contributed by atoms with E-state index in [4.69, 9.17) is 9.47 Å². The number of methoxy groups -OCH3 is 1. The maximum atomic E-state index is 13.6. The van der Waals surface area contributed by atoms with Crippen molar-refractivity contribution < 1.29 is 31.4 Å². The summed E-state index contributed by atoms with van der Waals surface area (Å²) in [6.07, 6.45) is -4.66. The lowest BCUT2D eigenvalue weighted by Crippen LogP contribution is -2.48. The Hall–Kier alpha value is -4.09. The van der Waals surface area contributed by atoms with E-state index in [0.717, 1.165) is 17.2 Å². The second-order valence-corrected chi connectivity index (χ2v) is 9.87. The smallest absolute Gasteiger partial charge is 0.433 e. The fourth-order valence-electron chi connectivity index (χ4n) is 4.94. The maximum absolute atomic E-state index is 13.6. The molecule has 1 saturated heterocycles. The van der Waals surface area contributed by atoms with Crippen molar-refractivity contribution in [1.29, 1.82) is 0 Å². The SMILES string of the molecule is COc1ccc(-c2nc(OCCN3CCN(C(c4ccc(F)cc4)c4ccc(F)cc4)CC3)cc(C(F)(F)F)n2)cc1. The molecule has 1 fully saturated rings. The number of halogens is 5. The number of aromatic nitrogens is 2. The number of nitrogens with zero attached hydrogens (tertiary/aromatic N) is 4. The molecule has 0 atom stereocenters. The van der Waals surface area contributed by atoms with E-state index in [9.17, 15) is 22.0 Å². The summed E-state index contributed by atoms with van der Waals surface area (Å²) in [5, 5.41) is 0. The summed E-state index contributed by atoms with van der Waals surface area (Å²) in [6.45, 7) is 3.32. The second kappa shape index (κ2) is 12.8. The van der Waals surface area contributed by atoms with E-state index < -0.39 is 11.9 Å². The standard InChI is InChI=1S/C31H29F5N4O2/c1-41-26-12-6-23(7-13-26)30-37-27(31(34,35)36)20-28(38-30)42-19-18-39-14-16-40(17-15-39)29(21-2-8-24(32)9-3-21)22-4-10-25(33)11-5-22/h2-13,20,29H,14-19H2,1H3. The third-order valence-corrected chi connectivity index (χ3v) is 7.14. The summed E-state index contributed by atoms with van der Waals surface area (Å²) in [5.74, 6) is -0.352. The van der Waals surface area contributed by atoms with E-state index in [-0.39, 0.29) is 36.0 Å². The van der Waals surface area contributed by atoms with Gasteiger partial charge in [0.1, 0.15) is 24.0 Å². The van der Waals surface area contributed by atoms with Crippen LogP contribution in [0.4, 0.5) is 22.0 Å². The van der Waals surface area contributed by atoms with E-state index in [1.165, 1.54) is 31.4 Å². The topological polar surface area (TPSA) is 50.7 Å². The Morgan fingerprint density at radius 1 is 0.786 bits per heavy atom. The van der Waals surface area contributed by atoms with Gasteiger partial charge in [-0.15, -0.1) is 0 Å². The number of benzene rings is 3. The second-order valence-electron chi connectivity index (χ2n) is 9.87. The molecule has 42 heavy (non-hydrogen) atoms. The molecule has 3 aromatic carbocycles. The fourth-order valence-corrected chi connectivity index (χ4v) is 4.94. The van der Waals surface area contributed by atoms with Crippen LogP contribution in [-0.4, -0.2) is 66.2 Å². The van der Waals surface area contributed by atoms with Gasteiger partial charge in [-0.3, -0.25) is 9.80 Å². The van der Waals surface area contributed by atoms with Crippen molar-refractivity contribution in [3.8, 4) is 23.0 Å². The summed E-state index contributed by atoms with van der Waals surface area (Å²) in [4.78, 5) is 12.3. The van der Waals surface area contributed by atoms with Crippen LogP contribution in [0, 0.1) is 11.6 Å². The summed E-state index contributed by atoms with van der Waals surface area (Å²) in [7, 11) is 1.50. The molecule has 1 aliphatic rings. The van der Waals surface area contributed by atoms with Gasteiger partial charge in [0.2, 0.25) is 5.88 Å². The van der Waals surface area contributed by atoms with Crippen LogP contribution in [0.3, 0.4) is 0 Å². The zero-order valence-corrected chi connectivity index (χ0v) is 22.8. The van der Waals surface area contributed by atoms with E-state index in [1.807, 2.05) is 0 Å². The van der Waals surface area contributed by atoms with E-state index in [1.54, 1.807) is 48.5 Å². The first-order chi connectivity index (χ1) is 20.2. The average Bonchev–Trinajstić information content (AvgIpc) is 2.99. The molecule has 0 bridgehead atoms. The Bertz CT molecular complexity index is 1410. The Morgan fingerprint density at radius 3 is 1.88 bits per heavy atom. The van der Waals surface area contributed by atoms with Gasteiger partial charge in [-0.2, -0.15) is 18.2 Å². The molecule has 0 radical (unpaired) electrons. The highest BCUT2D eigenvalue weighted by atomic mass is 19.4. The quantitative estimate of drug-likeness (QED) is 0.217. The summed E-state index contributed by atoms with van der Waals surface area (Å²) in [5.41, 5.74) is 1.12. The molecule has 11 heteroatoms. The van der Waals surface area contributed by atoms with Crippen molar-refractivity contribution in [2.75, 3.05) is 46.4 Å². The summed E-state index contributed by atoms with van der Waals surface area (Å²) in [6, 6.07) is 19.6. The highest BCUT2D eigenvalue weighted by molar-refractivity contribution is 5.57. The number of hydrogen-bond donors (Lipinski definition) is 0. The van der Waals surface area contributed by atoms with Crippen molar-refractivity contribution in [3.05, 3.63) is 107 Å². The van der Waals surface area contributed by atoms with Gasteiger partial charge in [0.15, 0.2) is 11.5 Å². The van der Waals surface area contributed by atoms with Gasteiger partial charge in [0.25, 0.3) is 0 Å². The molecule has 1 aromatic heterocycles. The van der Waals surface area contributed by atoms with Crippen LogP contribution in [0.5, 0.6) is 11.6 Å². The van der Waals surface area contributed by atoms with Crippen LogP contribution in [-0.2, 0) is 6.18 Å². The molecule has 0 spiro atoms. The number of hydrogen-bond acceptors (Lipinski definition) is 6. The Labute approximate surface area is 240 Å². The van der Waals surface area contributed by atoms with Gasteiger partial charge in [-0.1, -0.05) is 24.3 Å². The molecular weight excluding hydrogens is 555 g/mol. The van der Waals surface area contributed by atoms with Crippen LogP contribution >= 0.6 is 0 Å². The lowest BCUT2D eigenvalue weighted by atomic mass is 9.96. The molecule has 0 unspecified atom stereocenters. The molecule has 1 aliphatic heterocycles. The molecule has 0 amide bonds. The Morgan fingerprint density at radius 2 is 1.36 bits per heavy atom. The van der Waals surface area contributed by atoms with Gasteiger partial charge in [-0.05, 0) is 59.7 Å². The van der Waals surface area contributed by atoms with E-state index in [0.29, 0.717) is 44.0 Å². The Balaban J connectivity index is 1.23. The first-order valence-electron chi connectivity index (χ1n) is 13.4. The molecule has 0 aliphatic carbocycles. The molecule has 6 nitrogen and oxygen atoms in total. The Kier molecular flexibility index (Phi) is 8.98. The predicted octanol–water partition coefficient (Wildman–Crippen LogP) is 6.24. The van der Waals surface area contributed by atoms with Crippen LogP contribution in [0.25, 0.3) is 11.4 Å². The third kappa shape index (κ3) is 7.21. The maximum Gasteiger partial charge on any atom is 0.433 e. The first-order valence-corrected chi connectivity index (χ1v) is 13.4. The molecular formula is C31H29F5N4O2. The van der Waals surface area contributed by atoms with E-state index in [2.05, 4.69) is 19.8 Å². The molecule has 2 heterocycles. The number of rotatable bonds is 9. The van der Waals surface area contributed by atoms with Crippen LogP contribution in [0.1, 0.15) is 22.9 Å². The van der Waals surface area contributed by atoms with Crippen molar-refractivity contribution in [1.82, 2.24) is 19.8 Å². The number of ether oxygens (including phenoxy) is 2. The van der Waals surface area contributed by atoms with Crippen LogP contribution in [0.2, 0.25) is 0 Å². The van der Waals surface area contributed by atoms with Gasteiger partial charge in [0, 0.05) is 44.4 Å². The number of piperazine rings is 1. The zero-order chi connectivity index (χ0) is 29.7. The average molecular weight is 585 g/mol. The summed E-state index contributed by atoms with van der Waals surface area (Å²) < 4.78 is 78.7. The third-order valence-electron chi connectivity index (χ3n) is 7.14. The predicted molar refractivity (Wildman–Crippen MR) is 147 cm³/mol. The van der Waals surface area contributed by atoms with Crippen molar-refractivity contribution in [2.24, 2.45) is 0 Å². The van der Waals surface area contributed by atoms with Gasteiger partial charge in [-0.25, -0.2) is 13.8 Å². The molecule has 5 rings (SSSR count). The largest absolute Gasteiger partial charge is 0.497 e. The molecule has 4 aromatic rings. The minimum absolute atomic E-state index is 0.0938. The lowest BCUT2D eigenvalue weighted by molar-refractivity contribution is -0.141. The molecule has 0 N–H and O–H groups in total. The van der Waals surface area contributed by atoms with Crippen molar-refractivity contribution in [2.45, 2.75) is 12.2 Å². The minimum atomic E-state index is -4.66. The number of alkyl halides is 3. The van der Waals surface area contributed by atoms with Gasteiger partial charge in [0.05, 0.1) is 13.2 Å². The first kappa shape index (κ1) is 29.4. The normalized spacial score (nSPS) is 14.7. The van der Waals surface area contributed by atoms with Crippen molar-refractivity contribution in [3.63, 3.8) is 0 Å². The fraction of sp³-hybridized carbons (Fsp3) is 0.290. The summed E-state index contributed by atoms with van der Waals surface area (Å²) >= 11 is 0. The van der Waals surface area contributed by atoms with Gasteiger partial charge < -0.3 is 9.47 Å². The van der Waals surface area contributed by atoms with E-state index >= 15 is 0 Å². The molecule has 220 valence electrons. The molecule has 0 saturated carbocycles. The van der Waals surface area contributed by atoms with Gasteiger partial charge >= 0.3 is 6.18 Å². The van der Waals surface area contributed by atoms with Crippen LogP contribution < -0.4 is 9.47 Å². The van der Waals surface area contributed by atoms with Crippen LogP contribution in [0.15, 0.2) is 78.9 Å². The highest BCUT2D eigenvalue weighted by Gasteiger charge is 2.34. The monoisotopic (exact) mass is 584 g/mol. The lowest BCUT2D eigenvalue weighted by Gasteiger charge is -2.39. The van der Waals surface area contributed by atoms with Crippen molar-refractivity contribution >= 4 is 0 Å². The zero-order valence-electron chi connectivity index (χ0n) is 22.8. The minimum Gasteiger partial charge on any atom is -0.497 e. The highest BCUT2D eigenvalue weighted by Crippen LogP contribution is 2.32.